The Kier molecular flexibility index (Phi) is 4.89. The Labute approximate surface area is 122 Å². The lowest BCUT2D eigenvalue weighted by molar-refractivity contribution is 0.377. The summed E-state index contributed by atoms with van der Waals surface area (Å²) in [5, 5.41) is 4.13. The third kappa shape index (κ3) is 2.60. The van der Waals surface area contributed by atoms with Gasteiger partial charge >= 0.3 is 0 Å². The first-order valence-electron chi connectivity index (χ1n) is 6.24. The van der Waals surface area contributed by atoms with Crippen LogP contribution in [0.5, 0.6) is 11.5 Å². The van der Waals surface area contributed by atoms with Gasteiger partial charge in [-0.05, 0) is 30.1 Å². The molecule has 1 unspecified atom stereocenters. The Morgan fingerprint density at radius 3 is 2.45 bits per heavy atom. The Balaban J connectivity index is 2.57. The predicted octanol–water partition coefficient (Wildman–Crippen LogP) is 1.67. The van der Waals surface area contributed by atoms with Crippen LogP contribution in [0.2, 0.25) is 0 Å². The zero-order valence-electron chi connectivity index (χ0n) is 11.7. The van der Waals surface area contributed by atoms with Gasteiger partial charge in [-0.15, -0.1) is 5.10 Å². The first kappa shape index (κ1) is 14.7. The van der Waals surface area contributed by atoms with Gasteiger partial charge in [-0.3, -0.25) is 5.84 Å². The standard InChI is InChI=1S/C13H18N4O2S/c1-4-8-13(20-17-16-8)12(15-14)11-9(18-2)6-5-7-10(11)19-3/h5-7,12,15H,4,14H2,1-3H3. The van der Waals surface area contributed by atoms with Crippen LogP contribution in [-0.4, -0.2) is 23.8 Å². The highest BCUT2D eigenvalue weighted by Crippen LogP contribution is 2.38. The molecule has 0 spiro atoms. The lowest BCUT2D eigenvalue weighted by Gasteiger charge is -2.20. The number of nitrogens with zero attached hydrogens (tertiary/aromatic N) is 2. The second-order valence-electron chi connectivity index (χ2n) is 4.11. The van der Waals surface area contributed by atoms with E-state index >= 15 is 0 Å². The van der Waals surface area contributed by atoms with E-state index < -0.39 is 0 Å². The van der Waals surface area contributed by atoms with Crippen LogP contribution in [0.3, 0.4) is 0 Å². The van der Waals surface area contributed by atoms with Gasteiger partial charge in [-0.2, -0.15) is 0 Å². The average Bonchev–Trinajstić information content (AvgIpc) is 2.96. The molecular formula is C13H18N4O2S. The number of methoxy groups -OCH3 is 2. The minimum atomic E-state index is -0.268. The van der Waals surface area contributed by atoms with E-state index in [0.717, 1.165) is 22.6 Å². The summed E-state index contributed by atoms with van der Waals surface area (Å²) in [4.78, 5) is 0.970. The number of hydrazine groups is 1. The normalized spacial score (nSPS) is 12.2. The van der Waals surface area contributed by atoms with Gasteiger partial charge in [0.25, 0.3) is 0 Å². The van der Waals surface area contributed by atoms with E-state index in [9.17, 15) is 0 Å². The fourth-order valence-corrected chi connectivity index (χ4v) is 2.94. The molecule has 0 fully saturated rings. The molecule has 0 amide bonds. The number of ether oxygens (including phenoxy) is 2. The third-order valence-electron chi connectivity index (χ3n) is 3.10. The lowest BCUT2D eigenvalue weighted by atomic mass is 10.0. The highest BCUT2D eigenvalue weighted by Gasteiger charge is 2.25. The summed E-state index contributed by atoms with van der Waals surface area (Å²) in [6, 6.07) is 5.36. The van der Waals surface area contributed by atoms with Crippen LogP contribution in [0, 0.1) is 0 Å². The molecule has 1 aromatic carbocycles. The lowest BCUT2D eigenvalue weighted by Crippen LogP contribution is -2.29. The van der Waals surface area contributed by atoms with Crippen LogP contribution in [-0.2, 0) is 6.42 Å². The number of benzene rings is 1. The second-order valence-corrected chi connectivity index (χ2v) is 4.90. The van der Waals surface area contributed by atoms with E-state index in [2.05, 4.69) is 15.0 Å². The van der Waals surface area contributed by atoms with Crippen molar-refractivity contribution in [3.8, 4) is 11.5 Å². The maximum absolute atomic E-state index is 5.76. The van der Waals surface area contributed by atoms with E-state index in [-0.39, 0.29) is 6.04 Å². The molecule has 108 valence electrons. The topological polar surface area (TPSA) is 82.3 Å². The molecule has 2 aromatic rings. The largest absolute Gasteiger partial charge is 0.496 e. The number of aromatic nitrogens is 2. The maximum atomic E-state index is 5.76. The molecular weight excluding hydrogens is 276 g/mol. The van der Waals surface area contributed by atoms with Crippen molar-refractivity contribution >= 4 is 11.5 Å². The summed E-state index contributed by atoms with van der Waals surface area (Å²) in [5.41, 5.74) is 4.59. The number of nitrogens with one attached hydrogen (secondary N) is 1. The smallest absolute Gasteiger partial charge is 0.127 e. The number of hydrogen-bond acceptors (Lipinski definition) is 7. The third-order valence-corrected chi connectivity index (χ3v) is 3.93. The van der Waals surface area contributed by atoms with Crippen molar-refractivity contribution in [2.75, 3.05) is 14.2 Å². The summed E-state index contributed by atoms with van der Waals surface area (Å²) in [6.45, 7) is 2.03. The summed E-state index contributed by atoms with van der Waals surface area (Å²) >= 11 is 1.33. The molecule has 7 heteroatoms. The van der Waals surface area contributed by atoms with E-state index in [4.69, 9.17) is 15.3 Å². The quantitative estimate of drug-likeness (QED) is 0.623. The van der Waals surface area contributed by atoms with Crippen LogP contribution in [0.15, 0.2) is 18.2 Å². The van der Waals surface area contributed by atoms with Crippen LogP contribution in [0.1, 0.15) is 29.1 Å². The first-order chi connectivity index (χ1) is 9.76. The molecule has 0 bridgehead atoms. The predicted molar refractivity (Wildman–Crippen MR) is 78.0 cm³/mol. The van der Waals surface area contributed by atoms with Gasteiger partial charge in [0.15, 0.2) is 0 Å². The number of nitrogens with two attached hydrogens (primary N) is 1. The molecule has 0 saturated heterocycles. The highest BCUT2D eigenvalue weighted by molar-refractivity contribution is 7.05. The van der Waals surface area contributed by atoms with Crippen molar-refractivity contribution in [3.05, 3.63) is 34.3 Å². The number of hydrogen-bond donors (Lipinski definition) is 2. The molecule has 0 aliphatic heterocycles. The van der Waals surface area contributed by atoms with Crippen molar-refractivity contribution < 1.29 is 9.47 Å². The molecule has 0 aliphatic rings. The Bertz CT molecular complexity index is 551. The van der Waals surface area contributed by atoms with Gasteiger partial charge in [-0.25, -0.2) is 5.43 Å². The first-order valence-corrected chi connectivity index (χ1v) is 7.02. The molecule has 1 aromatic heterocycles. The summed E-state index contributed by atoms with van der Waals surface area (Å²) in [7, 11) is 3.25. The SMILES string of the molecule is CCc1nnsc1C(NN)c1c(OC)cccc1OC. The van der Waals surface area contributed by atoms with Crippen molar-refractivity contribution in [3.63, 3.8) is 0 Å². The van der Waals surface area contributed by atoms with Crippen LogP contribution in [0.25, 0.3) is 0 Å². The molecule has 0 radical (unpaired) electrons. The fraction of sp³-hybridized carbons (Fsp3) is 0.385. The van der Waals surface area contributed by atoms with Gasteiger partial charge in [0.05, 0.1) is 36.4 Å². The molecule has 2 rings (SSSR count). The Hall–Kier alpha value is -1.70. The van der Waals surface area contributed by atoms with E-state index in [1.807, 2.05) is 25.1 Å². The minimum absolute atomic E-state index is 0.268. The summed E-state index contributed by atoms with van der Waals surface area (Å²) < 4.78 is 14.9. The van der Waals surface area contributed by atoms with E-state index in [1.165, 1.54) is 11.5 Å². The van der Waals surface area contributed by atoms with Crippen LogP contribution >= 0.6 is 11.5 Å². The van der Waals surface area contributed by atoms with Crippen molar-refractivity contribution in [2.45, 2.75) is 19.4 Å². The summed E-state index contributed by atoms with van der Waals surface area (Å²) in [5.74, 6) is 7.18. The van der Waals surface area contributed by atoms with Crippen LogP contribution < -0.4 is 20.7 Å². The average molecular weight is 294 g/mol. The van der Waals surface area contributed by atoms with Gasteiger partial charge in [0.2, 0.25) is 0 Å². The Morgan fingerprint density at radius 2 is 1.95 bits per heavy atom. The molecule has 0 saturated carbocycles. The zero-order valence-corrected chi connectivity index (χ0v) is 12.5. The van der Waals surface area contributed by atoms with Gasteiger partial charge in [0.1, 0.15) is 11.5 Å². The van der Waals surface area contributed by atoms with Crippen molar-refractivity contribution in [2.24, 2.45) is 5.84 Å². The molecule has 20 heavy (non-hydrogen) atoms. The minimum Gasteiger partial charge on any atom is -0.496 e. The monoisotopic (exact) mass is 294 g/mol. The fourth-order valence-electron chi connectivity index (χ4n) is 2.13. The molecule has 6 nitrogen and oxygen atoms in total. The molecule has 0 aliphatic carbocycles. The van der Waals surface area contributed by atoms with E-state index in [1.54, 1.807) is 14.2 Å². The van der Waals surface area contributed by atoms with Crippen molar-refractivity contribution in [1.82, 2.24) is 15.0 Å². The van der Waals surface area contributed by atoms with Crippen molar-refractivity contribution in [1.29, 1.82) is 0 Å². The van der Waals surface area contributed by atoms with Gasteiger partial charge < -0.3 is 9.47 Å². The number of rotatable bonds is 6. The second kappa shape index (κ2) is 6.65. The molecule has 1 heterocycles. The highest BCUT2D eigenvalue weighted by atomic mass is 32.1. The van der Waals surface area contributed by atoms with Gasteiger partial charge in [-0.1, -0.05) is 17.5 Å². The number of aryl methyl sites for hydroxylation is 1. The summed E-state index contributed by atoms with van der Waals surface area (Å²) in [6.07, 6.45) is 0.793. The van der Waals surface area contributed by atoms with Crippen LogP contribution in [0.4, 0.5) is 0 Å². The van der Waals surface area contributed by atoms with Gasteiger partial charge in [0, 0.05) is 0 Å². The molecule has 1 atom stereocenters. The molecule has 3 N–H and O–H groups in total. The Morgan fingerprint density at radius 1 is 1.30 bits per heavy atom. The van der Waals surface area contributed by atoms with E-state index in [0.29, 0.717) is 11.5 Å². The maximum Gasteiger partial charge on any atom is 0.127 e. The zero-order chi connectivity index (χ0) is 14.5.